The van der Waals surface area contributed by atoms with Crippen molar-refractivity contribution in [3.8, 4) is 11.8 Å². The zero-order chi connectivity index (χ0) is 17.0. The lowest BCUT2D eigenvalue weighted by Gasteiger charge is -2.11. The van der Waals surface area contributed by atoms with E-state index in [9.17, 15) is 9.90 Å². The van der Waals surface area contributed by atoms with E-state index in [-0.39, 0.29) is 30.3 Å². The minimum absolute atomic E-state index is 0.0861. The van der Waals surface area contributed by atoms with E-state index in [0.29, 0.717) is 23.6 Å². The molecule has 0 unspecified atom stereocenters. The summed E-state index contributed by atoms with van der Waals surface area (Å²) in [5, 5.41) is 21.1. The number of furan rings is 1. The molecule has 1 amide bonds. The number of para-hydroxylation sites is 1. The maximum Gasteiger partial charge on any atom is 0.287 e. The molecule has 1 saturated carbocycles. The Labute approximate surface area is 139 Å². The van der Waals surface area contributed by atoms with Gasteiger partial charge in [-0.3, -0.25) is 4.79 Å². The van der Waals surface area contributed by atoms with Crippen LogP contribution in [0, 0.1) is 16.7 Å². The van der Waals surface area contributed by atoms with Crippen molar-refractivity contribution in [2.45, 2.75) is 19.4 Å². The number of carbonyl (C=O) groups excluding carboxylic acids is 1. The molecule has 1 aromatic carbocycles. The number of hydrogen-bond acceptors (Lipinski definition) is 5. The molecule has 1 aromatic heterocycles. The van der Waals surface area contributed by atoms with Gasteiger partial charge in [0.05, 0.1) is 12.2 Å². The lowest BCUT2D eigenvalue weighted by Crippen LogP contribution is -2.31. The van der Waals surface area contributed by atoms with E-state index in [2.05, 4.69) is 11.4 Å². The van der Waals surface area contributed by atoms with Crippen LogP contribution in [0.15, 0.2) is 40.8 Å². The number of nitriles is 1. The summed E-state index contributed by atoms with van der Waals surface area (Å²) in [5.74, 6) is 0.867. The van der Waals surface area contributed by atoms with Crippen LogP contribution in [0.1, 0.15) is 34.7 Å². The molecule has 1 fully saturated rings. The number of ether oxygens (including phenoxy) is 1. The lowest BCUT2D eigenvalue weighted by molar-refractivity contribution is 0.0903. The summed E-state index contributed by atoms with van der Waals surface area (Å²) in [7, 11) is 0. The predicted molar refractivity (Wildman–Crippen MR) is 85.3 cm³/mol. The topological polar surface area (TPSA) is 95.5 Å². The van der Waals surface area contributed by atoms with Crippen LogP contribution in [0.3, 0.4) is 0 Å². The van der Waals surface area contributed by atoms with E-state index in [1.807, 2.05) is 0 Å². The zero-order valence-electron chi connectivity index (χ0n) is 13.1. The molecule has 0 saturated heterocycles. The average Bonchev–Trinajstić information content (AvgIpc) is 3.26. The van der Waals surface area contributed by atoms with Crippen molar-refractivity contribution in [1.82, 2.24) is 5.32 Å². The Bertz CT molecular complexity index is 771. The second-order valence-corrected chi connectivity index (χ2v) is 6.00. The van der Waals surface area contributed by atoms with Crippen LogP contribution in [0.2, 0.25) is 0 Å². The van der Waals surface area contributed by atoms with Gasteiger partial charge in [-0.05, 0) is 37.1 Å². The van der Waals surface area contributed by atoms with Gasteiger partial charge < -0.3 is 19.6 Å². The van der Waals surface area contributed by atoms with Crippen molar-refractivity contribution in [2.24, 2.45) is 5.41 Å². The van der Waals surface area contributed by atoms with Crippen LogP contribution >= 0.6 is 0 Å². The number of aliphatic hydroxyl groups is 1. The van der Waals surface area contributed by atoms with Crippen LogP contribution < -0.4 is 10.1 Å². The molecule has 0 atom stereocenters. The summed E-state index contributed by atoms with van der Waals surface area (Å²) in [6.45, 7) is 0.666. The number of amides is 1. The molecule has 1 heterocycles. The van der Waals surface area contributed by atoms with Gasteiger partial charge in [0, 0.05) is 12.0 Å². The molecule has 2 N–H and O–H groups in total. The number of nitrogens with one attached hydrogen (secondary N) is 1. The standard InChI is InChI=1S/C18H18N2O4/c19-9-13-3-1-2-4-15(13)23-10-14-5-6-16(24-14)17(22)20-11-18(12-21)7-8-18/h1-6,21H,7-8,10-12H2,(H,20,22). The van der Waals surface area contributed by atoms with Gasteiger partial charge in [-0.15, -0.1) is 0 Å². The molecule has 124 valence electrons. The summed E-state index contributed by atoms with van der Waals surface area (Å²) in [6, 6.07) is 12.2. The number of hydrogen-bond donors (Lipinski definition) is 2. The first-order chi connectivity index (χ1) is 11.7. The van der Waals surface area contributed by atoms with E-state index in [1.165, 1.54) is 0 Å². The number of rotatable bonds is 7. The lowest BCUT2D eigenvalue weighted by atomic mass is 10.1. The maximum atomic E-state index is 12.1. The van der Waals surface area contributed by atoms with Crippen molar-refractivity contribution >= 4 is 5.91 Å². The number of aliphatic hydroxyl groups excluding tert-OH is 1. The normalized spacial score (nSPS) is 14.7. The monoisotopic (exact) mass is 326 g/mol. The molecule has 0 aliphatic heterocycles. The summed E-state index contributed by atoms with van der Waals surface area (Å²) in [4.78, 5) is 12.1. The Morgan fingerprint density at radius 3 is 2.83 bits per heavy atom. The third-order valence-corrected chi connectivity index (χ3v) is 4.18. The van der Waals surface area contributed by atoms with E-state index in [1.54, 1.807) is 36.4 Å². The second kappa shape index (κ2) is 6.77. The smallest absolute Gasteiger partial charge is 0.287 e. The van der Waals surface area contributed by atoms with E-state index < -0.39 is 0 Å². The molecule has 6 heteroatoms. The van der Waals surface area contributed by atoms with Crippen molar-refractivity contribution in [3.05, 3.63) is 53.5 Å². The summed E-state index contributed by atoms with van der Waals surface area (Å²) < 4.78 is 11.0. The molecular weight excluding hydrogens is 308 g/mol. The van der Waals surface area contributed by atoms with E-state index in [4.69, 9.17) is 14.4 Å². The Morgan fingerprint density at radius 2 is 2.12 bits per heavy atom. The fourth-order valence-corrected chi connectivity index (χ4v) is 2.33. The van der Waals surface area contributed by atoms with Crippen LogP contribution in [0.4, 0.5) is 0 Å². The highest BCUT2D eigenvalue weighted by molar-refractivity contribution is 5.91. The summed E-state index contributed by atoms with van der Waals surface area (Å²) in [6.07, 6.45) is 1.86. The maximum absolute atomic E-state index is 12.1. The Morgan fingerprint density at radius 1 is 1.33 bits per heavy atom. The van der Waals surface area contributed by atoms with Gasteiger partial charge in [0.15, 0.2) is 5.76 Å². The molecule has 24 heavy (non-hydrogen) atoms. The van der Waals surface area contributed by atoms with Gasteiger partial charge in [-0.1, -0.05) is 12.1 Å². The van der Waals surface area contributed by atoms with Crippen LogP contribution in [-0.2, 0) is 6.61 Å². The highest BCUT2D eigenvalue weighted by atomic mass is 16.5. The van der Waals surface area contributed by atoms with Crippen LogP contribution in [0.5, 0.6) is 5.75 Å². The SMILES string of the molecule is N#Cc1ccccc1OCc1ccc(C(=O)NCC2(CO)CC2)o1. The number of nitrogens with zero attached hydrogens (tertiary/aromatic N) is 1. The Hall–Kier alpha value is -2.78. The van der Waals surface area contributed by atoms with Crippen molar-refractivity contribution in [1.29, 1.82) is 5.26 Å². The highest BCUT2D eigenvalue weighted by Crippen LogP contribution is 2.44. The summed E-state index contributed by atoms with van der Waals surface area (Å²) >= 11 is 0. The fraction of sp³-hybridized carbons (Fsp3) is 0.333. The number of benzene rings is 1. The second-order valence-electron chi connectivity index (χ2n) is 6.00. The van der Waals surface area contributed by atoms with Gasteiger partial charge in [0.2, 0.25) is 0 Å². The minimum atomic E-state index is -0.307. The zero-order valence-corrected chi connectivity index (χ0v) is 13.1. The third kappa shape index (κ3) is 3.58. The first-order valence-corrected chi connectivity index (χ1v) is 7.75. The van der Waals surface area contributed by atoms with E-state index >= 15 is 0 Å². The van der Waals surface area contributed by atoms with Crippen LogP contribution in [-0.4, -0.2) is 24.2 Å². The Balaban J connectivity index is 1.55. The van der Waals surface area contributed by atoms with Crippen molar-refractivity contribution in [2.75, 3.05) is 13.2 Å². The predicted octanol–water partition coefficient (Wildman–Crippen LogP) is 2.23. The van der Waals surface area contributed by atoms with E-state index in [0.717, 1.165) is 12.8 Å². The molecule has 0 spiro atoms. The molecule has 1 aliphatic carbocycles. The molecule has 1 aliphatic rings. The van der Waals surface area contributed by atoms with Gasteiger partial charge in [-0.25, -0.2) is 0 Å². The van der Waals surface area contributed by atoms with Gasteiger partial charge in [-0.2, -0.15) is 5.26 Å². The van der Waals surface area contributed by atoms with Crippen molar-refractivity contribution in [3.63, 3.8) is 0 Å². The average molecular weight is 326 g/mol. The summed E-state index contributed by atoms with van der Waals surface area (Å²) in [5.41, 5.74) is 0.301. The molecular formula is C18H18N2O4. The highest BCUT2D eigenvalue weighted by Gasteiger charge is 2.42. The van der Waals surface area contributed by atoms with Gasteiger partial charge in [0.1, 0.15) is 24.2 Å². The van der Waals surface area contributed by atoms with Crippen LogP contribution in [0.25, 0.3) is 0 Å². The Kier molecular flexibility index (Phi) is 4.54. The first kappa shape index (κ1) is 16.1. The van der Waals surface area contributed by atoms with Gasteiger partial charge in [0.25, 0.3) is 5.91 Å². The molecule has 0 bridgehead atoms. The molecule has 0 radical (unpaired) electrons. The fourth-order valence-electron chi connectivity index (χ4n) is 2.33. The minimum Gasteiger partial charge on any atom is -0.484 e. The quantitative estimate of drug-likeness (QED) is 0.813. The largest absolute Gasteiger partial charge is 0.484 e. The molecule has 2 aromatic rings. The van der Waals surface area contributed by atoms with Crippen molar-refractivity contribution < 1.29 is 19.1 Å². The molecule has 3 rings (SSSR count). The first-order valence-electron chi connectivity index (χ1n) is 7.75. The van der Waals surface area contributed by atoms with Gasteiger partial charge >= 0.3 is 0 Å². The molecule has 6 nitrogen and oxygen atoms in total. The number of carbonyl (C=O) groups is 1. The third-order valence-electron chi connectivity index (χ3n) is 4.18.